The number of carbonyl (C=O) groups is 1. The van der Waals surface area contributed by atoms with Crippen LogP contribution in [0.2, 0.25) is 0 Å². The molecule has 0 saturated heterocycles. The molecule has 1 heterocycles. The number of ether oxygens (including phenoxy) is 1. The molecule has 0 saturated carbocycles. The maximum absolute atomic E-state index is 12.5. The summed E-state index contributed by atoms with van der Waals surface area (Å²) in [6.07, 6.45) is -4.46. The van der Waals surface area contributed by atoms with Crippen molar-refractivity contribution in [3.8, 4) is 5.75 Å². The van der Waals surface area contributed by atoms with Crippen LogP contribution >= 0.6 is 0 Å². The lowest BCUT2D eigenvalue weighted by Crippen LogP contribution is -2.05. The number of halogens is 3. The molecule has 0 spiro atoms. The number of rotatable bonds is 4. The van der Waals surface area contributed by atoms with Crippen LogP contribution in [0.15, 0.2) is 34.9 Å². The van der Waals surface area contributed by atoms with E-state index < -0.39 is 17.7 Å². The van der Waals surface area contributed by atoms with Gasteiger partial charge in [0.05, 0.1) is 5.56 Å². The van der Waals surface area contributed by atoms with Crippen molar-refractivity contribution in [1.82, 2.24) is 5.16 Å². The normalized spacial score (nSPS) is 11.3. The van der Waals surface area contributed by atoms with Gasteiger partial charge in [-0.25, -0.2) is 4.79 Å². The summed E-state index contributed by atoms with van der Waals surface area (Å²) in [6, 6.07) is 5.46. The van der Waals surface area contributed by atoms with Gasteiger partial charge in [-0.2, -0.15) is 13.2 Å². The number of aromatic nitrogens is 1. The van der Waals surface area contributed by atoms with Crippen molar-refractivity contribution >= 4 is 5.97 Å². The van der Waals surface area contributed by atoms with Crippen molar-refractivity contribution in [2.45, 2.75) is 12.8 Å². The number of nitrogens with zero attached hydrogens (tertiary/aromatic N) is 1. The third-order valence-electron chi connectivity index (χ3n) is 2.32. The first-order valence-electron chi connectivity index (χ1n) is 5.35. The number of aromatic carboxylic acids is 1. The van der Waals surface area contributed by atoms with Gasteiger partial charge in [0.15, 0.2) is 11.5 Å². The van der Waals surface area contributed by atoms with Crippen LogP contribution in [-0.2, 0) is 12.8 Å². The monoisotopic (exact) mass is 287 g/mol. The molecule has 2 aromatic rings. The summed E-state index contributed by atoms with van der Waals surface area (Å²) in [7, 11) is 0. The Balaban J connectivity index is 2.05. The fraction of sp³-hybridized carbons (Fsp3) is 0.167. The van der Waals surface area contributed by atoms with Crippen LogP contribution in [0, 0.1) is 0 Å². The number of alkyl halides is 3. The lowest BCUT2D eigenvalue weighted by Gasteiger charge is -2.09. The zero-order valence-electron chi connectivity index (χ0n) is 9.85. The Bertz CT molecular complexity index is 621. The smallest absolute Gasteiger partial charge is 0.416 e. The highest BCUT2D eigenvalue weighted by molar-refractivity contribution is 5.85. The fourth-order valence-corrected chi connectivity index (χ4v) is 1.40. The van der Waals surface area contributed by atoms with Crippen LogP contribution in [0.1, 0.15) is 21.8 Å². The van der Waals surface area contributed by atoms with Gasteiger partial charge >= 0.3 is 12.1 Å². The highest BCUT2D eigenvalue weighted by Gasteiger charge is 2.30. The molecule has 5 nitrogen and oxygen atoms in total. The highest BCUT2D eigenvalue weighted by Crippen LogP contribution is 2.31. The van der Waals surface area contributed by atoms with E-state index in [1.54, 1.807) is 0 Å². The topological polar surface area (TPSA) is 72.6 Å². The summed E-state index contributed by atoms with van der Waals surface area (Å²) >= 11 is 0. The Morgan fingerprint density at radius 1 is 1.35 bits per heavy atom. The van der Waals surface area contributed by atoms with Crippen LogP contribution in [0.4, 0.5) is 13.2 Å². The van der Waals surface area contributed by atoms with Crippen molar-refractivity contribution < 1.29 is 32.3 Å². The Labute approximate surface area is 110 Å². The molecule has 1 aromatic heterocycles. The van der Waals surface area contributed by atoms with E-state index in [4.69, 9.17) is 9.84 Å². The van der Waals surface area contributed by atoms with Crippen LogP contribution in [-0.4, -0.2) is 16.2 Å². The lowest BCUT2D eigenvalue weighted by molar-refractivity contribution is -0.137. The van der Waals surface area contributed by atoms with Gasteiger partial charge in [0.1, 0.15) is 12.4 Å². The molecule has 0 amide bonds. The van der Waals surface area contributed by atoms with Gasteiger partial charge in [-0.05, 0) is 18.2 Å². The van der Waals surface area contributed by atoms with Crippen LogP contribution in [0.3, 0.4) is 0 Å². The number of carboxylic acid groups (broad SMARTS) is 1. The average Bonchev–Trinajstić information content (AvgIpc) is 2.85. The van der Waals surface area contributed by atoms with E-state index in [1.807, 2.05) is 0 Å². The molecular formula is C12H8F3NO4. The van der Waals surface area contributed by atoms with Crippen LogP contribution in [0.25, 0.3) is 0 Å². The molecule has 0 aliphatic carbocycles. The van der Waals surface area contributed by atoms with Gasteiger partial charge in [-0.3, -0.25) is 0 Å². The molecule has 0 atom stereocenters. The third kappa shape index (κ3) is 3.28. The molecule has 0 radical (unpaired) electrons. The molecule has 1 aromatic carbocycles. The third-order valence-corrected chi connectivity index (χ3v) is 2.32. The summed E-state index contributed by atoms with van der Waals surface area (Å²) in [6.45, 7) is -0.221. The van der Waals surface area contributed by atoms with E-state index in [1.165, 1.54) is 12.1 Å². The van der Waals surface area contributed by atoms with E-state index in [-0.39, 0.29) is 23.8 Å². The van der Waals surface area contributed by atoms with Crippen LogP contribution in [0.5, 0.6) is 5.75 Å². The van der Waals surface area contributed by atoms with E-state index in [0.29, 0.717) is 0 Å². The second-order valence-corrected chi connectivity index (χ2v) is 3.80. The quantitative estimate of drug-likeness (QED) is 0.935. The molecule has 106 valence electrons. The van der Waals surface area contributed by atoms with Gasteiger partial charge in [-0.1, -0.05) is 11.2 Å². The van der Waals surface area contributed by atoms with E-state index in [0.717, 1.165) is 18.2 Å². The van der Waals surface area contributed by atoms with Gasteiger partial charge in [0.2, 0.25) is 0 Å². The Morgan fingerprint density at radius 3 is 2.70 bits per heavy atom. The summed E-state index contributed by atoms with van der Waals surface area (Å²) < 4.78 is 47.2. The molecule has 1 N–H and O–H groups in total. The van der Waals surface area contributed by atoms with E-state index in [2.05, 4.69) is 9.68 Å². The maximum Gasteiger partial charge on any atom is 0.416 e. The molecule has 20 heavy (non-hydrogen) atoms. The van der Waals surface area contributed by atoms with Gasteiger partial charge in [0.25, 0.3) is 0 Å². The molecule has 0 unspecified atom stereocenters. The number of benzene rings is 1. The predicted octanol–water partition coefficient (Wildman–Crippen LogP) is 2.97. The Hall–Kier alpha value is -2.51. The largest absolute Gasteiger partial charge is 0.486 e. The summed E-state index contributed by atoms with van der Waals surface area (Å²) in [5.74, 6) is -1.17. The Kier molecular flexibility index (Phi) is 3.64. The van der Waals surface area contributed by atoms with Crippen LogP contribution < -0.4 is 4.74 Å². The first kappa shape index (κ1) is 13.9. The SMILES string of the molecule is O=C(O)c1cc(COc2cccc(C(F)(F)F)c2)on1. The average molecular weight is 287 g/mol. The molecule has 8 heteroatoms. The first-order valence-corrected chi connectivity index (χ1v) is 5.35. The lowest BCUT2D eigenvalue weighted by atomic mass is 10.2. The molecule has 0 aliphatic heterocycles. The maximum atomic E-state index is 12.5. The summed E-state index contributed by atoms with van der Waals surface area (Å²) in [5.41, 5.74) is -1.13. The molecule has 0 aliphatic rings. The number of carboxylic acids is 1. The van der Waals surface area contributed by atoms with Gasteiger partial charge in [-0.15, -0.1) is 0 Å². The molecular weight excluding hydrogens is 279 g/mol. The Morgan fingerprint density at radius 2 is 2.10 bits per heavy atom. The fourth-order valence-electron chi connectivity index (χ4n) is 1.40. The first-order chi connectivity index (χ1) is 9.36. The number of hydrogen-bond acceptors (Lipinski definition) is 4. The molecule has 0 bridgehead atoms. The minimum atomic E-state index is -4.46. The van der Waals surface area contributed by atoms with Gasteiger partial charge in [0, 0.05) is 6.07 Å². The van der Waals surface area contributed by atoms with E-state index in [9.17, 15) is 18.0 Å². The van der Waals surface area contributed by atoms with Crippen molar-refractivity contribution in [2.75, 3.05) is 0 Å². The molecule has 0 fully saturated rings. The second kappa shape index (κ2) is 5.24. The minimum absolute atomic E-state index is 0.00639. The van der Waals surface area contributed by atoms with E-state index >= 15 is 0 Å². The van der Waals surface area contributed by atoms with Crippen molar-refractivity contribution in [1.29, 1.82) is 0 Å². The van der Waals surface area contributed by atoms with Crippen molar-refractivity contribution in [3.63, 3.8) is 0 Å². The van der Waals surface area contributed by atoms with Gasteiger partial charge < -0.3 is 14.4 Å². The zero-order chi connectivity index (χ0) is 14.8. The zero-order valence-corrected chi connectivity index (χ0v) is 9.85. The summed E-state index contributed by atoms with van der Waals surface area (Å²) in [5, 5.41) is 11.9. The standard InChI is InChI=1S/C12H8F3NO4/c13-12(14,15)7-2-1-3-8(4-7)19-6-9-5-10(11(17)18)16-20-9/h1-5H,6H2,(H,17,18). The van der Waals surface area contributed by atoms with Crippen molar-refractivity contribution in [2.24, 2.45) is 0 Å². The predicted molar refractivity (Wildman–Crippen MR) is 59.2 cm³/mol. The molecule has 2 rings (SSSR count). The summed E-state index contributed by atoms with van der Waals surface area (Å²) in [4.78, 5) is 10.6. The highest BCUT2D eigenvalue weighted by atomic mass is 19.4. The number of hydrogen-bond donors (Lipinski definition) is 1. The van der Waals surface area contributed by atoms with Crippen molar-refractivity contribution in [3.05, 3.63) is 47.3 Å². The second-order valence-electron chi connectivity index (χ2n) is 3.80. The minimum Gasteiger partial charge on any atom is -0.486 e.